The van der Waals surface area contributed by atoms with Gasteiger partial charge in [-0.25, -0.2) is 0 Å². The second-order valence-electron chi connectivity index (χ2n) is 5.06. The summed E-state index contributed by atoms with van der Waals surface area (Å²) in [5, 5.41) is 6.22. The molecule has 1 aliphatic rings. The zero-order chi connectivity index (χ0) is 14.1. The van der Waals surface area contributed by atoms with Gasteiger partial charge in [0.25, 0.3) is 0 Å². The fourth-order valence-electron chi connectivity index (χ4n) is 2.42. The van der Waals surface area contributed by atoms with Crippen LogP contribution in [0.2, 0.25) is 0 Å². The van der Waals surface area contributed by atoms with Crippen molar-refractivity contribution in [1.82, 2.24) is 15.5 Å². The van der Waals surface area contributed by atoms with Gasteiger partial charge in [0, 0.05) is 32.5 Å². The van der Waals surface area contributed by atoms with Gasteiger partial charge in [0.15, 0.2) is 0 Å². The topological polar surface area (TPSA) is 61.4 Å². The molecule has 1 saturated heterocycles. The molecule has 1 atom stereocenters. The highest BCUT2D eigenvalue weighted by molar-refractivity contribution is 5.85. The van der Waals surface area contributed by atoms with E-state index < -0.39 is 0 Å². The third-order valence-corrected chi connectivity index (χ3v) is 3.72. The summed E-state index contributed by atoms with van der Waals surface area (Å²) in [6, 6.07) is 0. The Balaban J connectivity index is 0.00000361. The van der Waals surface area contributed by atoms with Crippen LogP contribution in [0.1, 0.15) is 39.5 Å². The molecule has 0 aromatic rings. The smallest absolute Gasteiger partial charge is 0.223 e. The first-order valence-electron chi connectivity index (χ1n) is 7.42. The van der Waals surface area contributed by atoms with Gasteiger partial charge in [0.2, 0.25) is 11.8 Å². The Morgan fingerprint density at radius 1 is 1.25 bits per heavy atom. The van der Waals surface area contributed by atoms with Crippen molar-refractivity contribution in [2.75, 3.05) is 32.7 Å². The summed E-state index contributed by atoms with van der Waals surface area (Å²) in [7, 11) is 0. The molecule has 1 heterocycles. The fourth-order valence-corrected chi connectivity index (χ4v) is 2.42. The molecule has 6 heteroatoms. The minimum Gasteiger partial charge on any atom is -0.356 e. The highest BCUT2D eigenvalue weighted by atomic mass is 35.5. The molecule has 0 aliphatic carbocycles. The van der Waals surface area contributed by atoms with Crippen molar-refractivity contribution in [2.24, 2.45) is 5.92 Å². The maximum Gasteiger partial charge on any atom is 0.223 e. The summed E-state index contributed by atoms with van der Waals surface area (Å²) >= 11 is 0. The van der Waals surface area contributed by atoms with Crippen LogP contribution in [0.4, 0.5) is 0 Å². The molecule has 0 spiro atoms. The van der Waals surface area contributed by atoms with Crippen molar-refractivity contribution >= 4 is 24.2 Å². The second kappa shape index (κ2) is 10.9. The molecule has 20 heavy (non-hydrogen) atoms. The first-order chi connectivity index (χ1) is 9.17. The Morgan fingerprint density at radius 2 is 1.95 bits per heavy atom. The van der Waals surface area contributed by atoms with E-state index in [1.165, 1.54) is 6.42 Å². The van der Waals surface area contributed by atoms with Crippen LogP contribution >= 0.6 is 12.4 Å². The van der Waals surface area contributed by atoms with Crippen molar-refractivity contribution in [2.45, 2.75) is 39.5 Å². The Labute approximate surface area is 128 Å². The number of hydrogen-bond donors (Lipinski definition) is 2. The van der Waals surface area contributed by atoms with Crippen LogP contribution in [-0.4, -0.2) is 49.4 Å². The first kappa shape index (κ1) is 19.2. The van der Waals surface area contributed by atoms with Crippen molar-refractivity contribution in [1.29, 1.82) is 0 Å². The van der Waals surface area contributed by atoms with Crippen LogP contribution < -0.4 is 10.6 Å². The second-order valence-corrected chi connectivity index (χ2v) is 5.06. The number of hydrogen-bond acceptors (Lipinski definition) is 3. The van der Waals surface area contributed by atoms with Gasteiger partial charge in [-0.05, 0) is 45.7 Å². The summed E-state index contributed by atoms with van der Waals surface area (Å²) < 4.78 is 0. The highest BCUT2D eigenvalue weighted by Crippen LogP contribution is 2.10. The number of carbonyl (C=O) groups is 2. The molecule has 1 fully saturated rings. The SMILES string of the molecule is CCN(CC)C(=O)CCC(=O)NCCC1CCNC1.Cl. The largest absolute Gasteiger partial charge is 0.356 e. The van der Waals surface area contributed by atoms with Crippen LogP contribution in [-0.2, 0) is 9.59 Å². The molecule has 118 valence electrons. The molecule has 0 saturated carbocycles. The molecular weight excluding hydrogens is 278 g/mol. The average Bonchev–Trinajstić information content (AvgIpc) is 2.91. The van der Waals surface area contributed by atoms with E-state index in [2.05, 4.69) is 10.6 Å². The number of rotatable bonds is 8. The van der Waals surface area contributed by atoms with E-state index in [1.807, 2.05) is 13.8 Å². The fraction of sp³-hybridized carbons (Fsp3) is 0.857. The Bertz CT molecular complexity index is 290. The first-order valence-corrected chi connectivity index (χ1v) is 7.42. The predicted octanol–water partition coefficient (Wildman–Crippen LogP) is 1.17. The van der Waals surface area contributed by atoms with Crippen LogP contribution in [0, 0.1) is 5.92 Å². The molecule has 2 N–H and O–H groups in total. The monoisotopic (exact) mass is 305 g/mol. The lowest BCUT2D eigenvalue weighted by Crippen LogP contribution is -2.32. The van der Waals surface area contributed by atoms with Gasteiger partial charge in [-0.1, -0.05) is 0 Å². The van der Waals surface area contributed by atoms with Crippen molar-refractivity contribution in [3.63, 3.8) is 0 Å². The van der Waals surface area contributed by atoms with Crippen molar-refractivity contribution in [3.8, 4) is 0 Å². The number of nitrogens with zero attached hydrogens (tertiary/aromatic N) is 1. The highest BCUT2D eigenvalue weighted by Gasteiger charge is 2.15. The van der Waals surface area contributed by atoms with E-state index in [9.17, 15) is 9.59 Å². The van der Waals surface area contributed by atoms with Crippen LogP contribution in [0.3, 0.4) is 0 Å². The average molecular weight is 306 g/mol. The zero-order valence-electron chi connectivity index (χ0n) is 12.6. The summed E-state index contributed by atoms with van der Waals surface area (Å²) in [4.78, 5) is 25.1. The lowest BCUT2D eigenvalue weighted by atomic mass is 10.1. The van der Waals surface area contributed by atoms with Crippen LogP contribution in [0.15, 0.2) is 0 Å². The molecule has 1 unspecified atom stereocenters. The Morgan fingerprint density at radius 3 is 2.50 bits per heavy atom. The zero-order valence-corrected chi connectivity index (χ0v) is 13.4. The van der Waals surface area contributed by atoms with E-state index >= 15 is 0 Å². The standard InChI is InChI=1S/C14H27N3O2.ClH/c1-3-17(4-2)14(19)6-5-13(18)16-10-8-12-7-9-15-11-12;/h12,15H,3-11H2,1-2H3,(H,16,18);1H. The number of halogens is 1. The normalized spacial score (nSPS) is 17.4. The van der Waals surface area contributed by atoms with Gasteiger partial charge in [0.05, 0.1) is 0 Å². The lowest BCUT2D eigenvalue weighted by molar-refractivity contribution is -0.133. The number of amides is 2. The molecule has 2 amide bonds. The number of nitrogens with one attached hydrogen (secondary N) is 2. The maximum atomic E-state index is 11.7. The van der Waals surface area contributed by atoms with Gasteiger partial charge in [-0.15, -0.1) is 12.4 Å². The molecule has 0 aromatic carbocycles. The van der Waals surface area contributed by atoms with E-state index in [1.54, 1.807) is 4.90 Å². The third kappa shape index (κ3) is 7.10. The number of carbonyl (C=O) groups excluding carboxylic acids is 2. The third-order valence-electron chi connectivity index (χ3n) is 3.72. The van der Waals surface area contributed by atoms with Gasteiger partial charge in [0.1, 0.15) is 0 Å². The Kier molecular flexibility index (Phi) is 10.5. The minimum absolute atomic E-state index is 0. The van der Waals surface area contributed by atoms with Crippen molar-refractivity contribution in [3.05, 3.63) is 0 Å². The predicted molar refractivity (Wildman–Crippen MR) is 83.0 cm³/mol. The lowest BCUT2D eigenvalue weighted by Gasteiger charge is -2.18. The molecule has 0 aromatic heterocycles. The molecule has 0 radical (unpaired) electrons. The van der Waals surface area contributed by atoms with Gasteiger partial charge >= 0.3 is 0 Å². The Hall–Kier alpha value is -0.810. The maximum absolute atomic E-state index is 11.7. The van der Waals surface area contributed by atoms with E-state index in [-0.39, 0.29) is 24.2 Å². The summed E-state index contributed by atoms with van der Waals surface area (Å²) in [5.41, 5.74) is 0. The molecule has 0 bridgehead atoms. The van der Waals surface area contributed by atoms with Gasteiger partial charge in [-0.3, -0.25) is 9.59 Å². The van der Waals surface area contributed by atoms with E-state index in [0.717, 1.165) is 26.1 Å². The molecular formula is C14H28ClN3O2. The molecule has 1 rings (SSSR count). The van der Waals surface area contributed by atoms with Crippen LogP contribution in [0.5, 0.6) is 0 Å². The van der Waals surface area contributed by atoms with Gasteiger partial charge < -0.3 is 15.5 Å². The van der Waals surface area contributed by atoms with Crippen LogP contribution in [0.25, 0.3) is 0 Å². The minimum atomic E-state index is -0.00791. The van der Waals surface area contributed by atoms with Crippen molar-refractivity contribution < 1.29 is 9.59 Å². The van der Waals surface area contributed by atoms with E-state index in [4.69, 9.17) is 0 Å². The summed E-state index contributed by atoms with van der Waals surface area (Å²) in [6.45, 7) is 8.23. The summed E-state index contributed by atoms with van der Waals surface area (Å²) in [5.74, 6) is 0.754. The quantitative estimate of drug-likeness (QED) is 0.708. The summed E-state index contributed by atoms with van der Waals surface area (Å²) in [6.07, 6.45) is 2.86. The molecule has 1 aliphatic heterocycles. The van der Waals surface area contributed by atoms with Gasteiger partial charge in [-0.2, -0.15) is 0 Å². The van der Waals surface area contributed by atoms with E-state index in [0.29, 0.717) is 31.8 Å². The molecule has 5 nitrogen and oxygen atoms in total.